The van der Waals surface area contributed by atoms with E-state index >= 15 is 0 Å². The molecule has 0 amide bonds. The molecule has 112 valence electrons. The van der Waals surface area contributed by atoms with Crippen LogP contribution in [0.3, 0.4) is 0 Å². The summed E-state index contributed by atoms with van der Waals surface area (Å²) in [6.07, 6.45) is 3.58. The largest absolute Gasteiger partial charge is 0.494 e. The Hall–Kier alpha value is -1.07. The molecule has 2 N–H and O–H groups in total. The molecule has 0 aliphatic heterocycles. The summed E-state index contributed by atoms with van der Waals surface area (Å²) in [7, 11) is -3.12. The third kappa shape index (κ3) is 3.52. The van der Waals surface area contributed by atoms with Gasteiger partial charge in [-0.05, 0) is 25.8 Å². The maximum atomic E-state index is 12.4. The van der Waals surface area contributed by atoms with Crippen LogP contribution in [0.5, 0.6) is 5.75 Å². The van der Waals surface area contributed by atoms with Crippen LogP contribution in [0.25, 0.3) is 0 Å². The Labute approximate surface area is 121 Å². The van der Waals surface area contributed by atoms with Crippen molar-refractivity contribution < 1.29 is 13.2 Å². The first-order chi connectivity index (χ1) is 9.54. The smallest absolute Gasteiger partial charge is 0.155 e. The highest BCUT2D eigenvalue weighted by Crippen LogP contribution is 2.29. The van der Waals surface area contributed by atoms with Crippen molar-refractivity contribution in [2.24, 2.45) is 5.73 Å². The summed E-state index contributed by atoms with van der Waals surface area (Å²) < 4.78 is 30.3. The second-order valence-electron chi connectivity index (χ2n) is 5.31. The zero-order valence-corrected chi connectivity index (χ0v) is 12.7. The van der Waals surface area contributed by atoms with Crippen molar-refractivity contribution in [1.29, 1.82) is 0 Å². The molecule has 0 heterocycles. The predicted molar refractivity (Wildman–Crippen MR) is 80.6 cm³/mol. The Morgan fingerprint density at radius 3 is 2.60 bits per heavy atom. The van der Waals surface area contributed by atoms with Gasteiger partial charge in [0.15, 0.2) is 9.84 Å². The van der Waals surface area contributed by atoms with Crippen molar-refractivity contribution in [2.45, 2.75) is 43.9 Å². The van der Waals surface area contributed by atoms with Crippen LogP contribution in [0.15, 0.2) is 24.3 Å². The lowest BCUT2D eigenvalue weighted by atomic mass is 10.1. The predicted octanol–water partition coefficient (Wildman–Crippen LogP) is 2.44. The first-order valence-electron chi connectivity index (χ1n) is 7.23. The summed E-state index contributed by atoms with van der Waals surface area (Å²) in [4.78, 5) is 0. The van der Waals surface area contributed by atoms with Crippen LogP contribution in [0.2, 0.25) is 0 Å². The monoisotopic (exact) mass is 297 g/mol. The lowest BCUT2D eigenvalue weighted by molar-refractivity contribution is 0.335. The number of para-hydroxylation sites is 1. The van der Waals surface area contributed by atoms with E-state index in [0.717, 1.165) is 31.2 Å². The van der Waals surface area contributed by atoms with Gasteiger partial charge in [0.1, 0.15) is 5.75 Å². The van der Waals surface area contributed by atoms with Crippen molar-refractivity contribution >= 4 is 9.84 Å². The minimum absolute atomic E-state index is 0.00174. The maximum absolute atomic E-state index is 12.4. The Balaban J connectivity index is 2.13. The fourth-order valence-electron chi connectivity index (χ4n) is 2.80. The average molecular weight is 297 g/mol. The molecule has 1 unspecified atom stereocenters. The summed E-state index contributed by atoms with van der Waals surface area (Å²) >= 11 is 0. The molecular weight excluding hydrogens is 274 g/mol. The normalized spacial score (nSPS) is 18.1. The summed E-state index contributed by atoms with van der Waals surface area (Å²) in [5.74, 6) is 0.686. The number of benzene rings is 1. The third-order valence-electron chi connectivity index (χ3n) is 3.84. The molecular formula is C15H23NO3S. The molecule has 0 saturated heterocycles. The maximum Gasteiger partial charge on any atom is 0.155 e. The van der Waals surface area contributed by atoms with Crippen LogP contribution in [-0.2, 0) is 9.84 Å². The minimum atomic E-state index is -3.12. The van der Waals surface area contributed by atoms with Crippen molar-refractivity contribution in [3.05, 3.63) is 29.8 Å². The van der Waals surface area contributed by atoms with Crippen LogP contribution >= 0.6 is 0 Å². The van der Waals surface area contributed by atoms with Gasteiger partial charge in [0.2, 0.25) is 0 Å². The Kier molecular flexibility index (Phi) is 5.05. The standard InChI is InChI=1S/C15H23NO3S/c1-2-19-15-10-6-5-9-13(15)14(16)11-20(17,18)12-7-3-4-8-12/h5-6,9-10,12,14H,2-4,7-8,11,16H2,1H3. The van der Waals surface area contributed by atoms with Crippen molar-refractivity contribution in [3.8, 4) is 5.75 Å². The summed E-state index contributed by atoms with van der Waals surface area (Å²) in [5.41, 5.74) is 6.89. The van der Waals surface area contributed by atoms with Crippen molar-refractivity contribution in [1.82, 2.24) is 0 Å². The molecule has 2 rings (SSSR count). The quantitative estimate of drug-likeness (QED) is 0.875. The van der Waals surface area contributed by atoms with Crippen LogP contribution in [0, 0.1) is 0 Å². The van der Waals surface area contributed by atoms with E-state index in [9.17, 15) is 8.42 Å². The van der Waals surface area contributed by atoms with Gasteiger partial charge in [-0.15, -0.1) is 0 Å². The van der Waals surface area contributed by atoms with Gasteiger partial charge >= 0.3 is 0 Å². The molecule has 0 bridgehead atoms. The van der Waals surface area contributed by atoms with Crippen molar-refractivity contribution in [3.63, 3.8) is 0 Å². The zero-order valence-electron chi connectivity index (χ0n) is 11.9. The Morgan fingerprint density at radius 2 is 1.95 bits per heavy atom. The molecule has 5 heteroatoms. The van der Waals surface area contributed by atoms with E-state index in [1.54, 1.807) is 0 Å². The van der Waals surface area contributed by atoms with E-state index in [1.807, 2.05) is 31.2 Å². The average Bonchev–Trinajstić information content (AvgIpc) is 2.94. The number of sulfone groups is 1. The molecule has 1 aliphatic rings. The minimum Gasteiger partial charge on any atom is -0.494 e. The molecule has 1 fully saturated rings. The fraction of sp³-hybridized carbons (Fsp3) is 0.600. The van der Waals surface area contributed by atoms with Gasteiger partial charge in [-0.1, -0.05) is 31.0 Å². The molecule has 1 aliphatic carbocycles. The molecule has 1 saturated carbocycles. The summed E-state index contributed by atoms with van der Waals surface area (Å²) in [5, 5.41) is -0.201. The molecule has 4 nitrogen and oxygen atoms in total. The number of hydrogen-bond acceptors (Lipinski definition) is 4. The van der Waals surface area contributed by atoms with Gasteiger partial charge in [0.05, 0.1) is 17.6 Å². The molecule has 0 spiro atoms. The highest BCUT2D eigenvalue weighted by molar-refractivity contribution is 7.92. The van der Waals surface area contributed by atoms with Crippen LogP contribution in [0.4, 0.5) is 0 Å². The SMILES string of the molecule is CCOc1ccccc1C(N)CS(=O)(=O)C1CCCC1. The van der Waals surface area contributed by atoms with Crippen LogP contribution in [0.1, 0.15) is 44.2 Å². The number of hydrogen-bond donors (Lipinski definition) is 1. The summed E-state index contributed by atoms with van der Waals surface area (Å²) in [6, 6.07) is 6.89. The van der Waals surface area contributed by atoms with Gasteiger partial charge in [0.25, 0.3) is 0 Å². The van der Waals surface area contributed by atoms with Gasteiger partial charge < -0.3 is 10.5 Å². The van der Waals surface area contributed by atoms with E-state index in [1.165, 1.54) is 0 Å². The number of ether oxygens (including phenoxy) is 1. The first-order valence-corrected chi connectivity index (χ1v) is 8.95. The van der Waals surface area contributed by atoms with Gasteiger partial charge in [-0.25, -0.2) is 8.42 Å². The second kappa shape index (κ2) is 6.59. The van der Waals surface area contributed by atoms with E-state index < -0.39 is 15.9 Å². The van der Waals surface area contributed by atoms with Crippen molar-refractivity contribution in [2.75, 3.05) is 12.4 Å². The highest BCUT2D eigenvalue weighted by Gasteiger charge is 2.31. The van der Waals surface area contributed by atoms with Gasteiger partial charge in [-0.3, -0.25) is 0 Å². The Bertz CT molecular complexity index is 536. The van der Waals surface area contributed by atoms with E-state index in [0.29, 0.717) is 12.4 Å². The molecule has 0 radical (unpaired) electrons. The first kappa shape index (κ1) is 15.3. The van der Waals surface area contributed by atoms with Gasteiger partial charge in [-0.2, -0.15) is 0 Å². The lowest BCUT2D eigenvalue weighted by Crippen LogP contribution is -2.28. The van der Waals surface area contributed by atoms with E-state index in [4.69, 9.17) is 10.5 Å². The molecule has 0 aromatic heterocycles. The highest BCUT2D eigenvalue weighted by atomic mass is 32.2. The van der Waals surface area contributed by atoms with Crippen LogP contribution < -0.4 is 10.5 Å². The molecule has 1 aromatic carbocycles. The lowest BCUT2D eigenvalue weighted by Gasteiger charge is -2.18. The number of rotatable bonds is 6. The zero-order chi connectivity index (χ0) is 14.6. The molecule has 1 atom stereocenters. The van der Waals surface area contributed by atoms with Gasteiger partial charge in [0, 0.05) is 11.6 Å². The summed E-state index contributed by atoms with van der Waals surface area (Å²) in [6.45, 7) is 2.44. The Morgan fingerprint density at radius 1 is 1.30 bits per heavy atom. The molecule has 1 aromatic rings. The molecule has 20 heavy (non-hydrogen) atoms. The van der Waals surface area contributed by atoms with E-state index in [-0.39, 0.29) is 11.0 Å². The second-order valence-corrected chi connectivity index (χ2v) is 7.64. The topological polar surface area (TPSA) is 69.4 Å². The fourth-order valence-corrected chi connectivity index (χ4v) is 4.80. The van der Waals surface area contributed by atoms with Crippen LogP contribution in [-0.4, -0.2) is 26.0 Å². The number of nitrogens with two attached hydrogens (primary N) is 1. The third-order valence-corrected chi connectivity index (χ3v) is 6.15. The van der Waals surface area contributed by atoms with E-state index in [2.05, 4.69) is 0 Å².